The van der Waals surface area contributed by atoms with E-state index in [0.29, 0.717) is 0 Å². The van der Waals surface area contributed by atoms with Crippen molar-refractivity contribution in [2.24, 2.45) is 0 Å². The minimum Gasteiger partial charge on any atom is -0.292 e. The predicted molar refractivity (Wildman–Crippen MR) is 265 cm³/mol. The molecule has 0 radical (unpaired) electrons. The predicted octanol–water partition coefficient (Wildman–Crippen LogP) is 13.4. The smallest absolute Gasteiger partial charge is 0.147 e. The summed E-state index contributed by atoms with van der Waals surface area (Å²) in [5.74, 6) is 0. The van der Waals surface area contributed by atoms with E-state index in [1.807, 2.05) is 12.3 Å². The lowest BCUT2D eigenvalue weighted by molar-refractivity contribution is 1.32. The molecule has 0 aliphatic rings. The molecule has 0 spiro atoms. The van der Waals surface area contributed by atoms with Crippen LogP contribution in [-0.4, -0.2) is 14.4 Å². The molecule has 0 amide bonds. The lowest BCUT2D eigenvalue weighted by Crippen LogP contribution is -2.25. The van der Waals surface area contributed by atoms with Crippen molar-refractivity contribution in [1.82, 2.24) is 14.4 Å². The van der Waals surface area contributed by atoms with Crippen molar-refractivity contribution >= 4 is 126 Å². The van der Waals surface area contributed by atoms with Crippen molar-refractivity contribution in [2.45, 2.75) is 0 Å². The first kappa shape index (κ1) is 34.6. The molecule has 0 N–H and O–H groups in total. The Morgan fingerprint density at radius 2 is 0.967 bits per heavy atom. The maximum atomic E-state index is 6.95. The first-order valence-corrected chi connectivity index (χ1v) is 23.4. The normalized spacial score (nSPS) is 13.1. The summed E-state index contributed by atoms with van der Waals surface area (Å²) in [4.78, 5) is 9.86. The third-order valence-electron chi connectivity index (χ3n) is 12.8. The van der Waals surface area contributed by atoms with Crippen LogP contribution in [0.1, 0.15) is 0 Å². The topological polar surface area (TPSA) is 30.2 Å². The summed E-state index contributed by atoms with van der Waals surface area (Å²) < 4.78 is 2.37. The first-order chi connectivity index (χ1) is 30.1. The van der Waals surface area contributed by atoms with Gasteiger partial charge in [-0.15, -0.1) is 0 Å². The van der Waals surface area contributed by atoms with Gasteiger partial charge < -0.3 is 0 Å². The first-order valence-electron chi connectivity index (χ1n) is 20.6. The van der Waals surface area contributed by atoms with Gasteiger partial charge in [-0.3, -0.25) is 9.38 Å². The summed E-state index contributed by atoms with van der Waals surface area (Å²) >= 11 is 6.95. The molecule has 3 nitrogen and oxygen atoms in total. The minimum absolute atomic E-state index is 0.977. The van der Waals surface area contributed by atoms with Crippen molar-refractivity contribution in [2.75, 3.05) is 0 Å². The maximum absolute atomic E-state index is 6.95. The second-order valence-corrected chi connectivity index (χ2v) is 20.6. The second kappa shape index (κ2) is 13.1. The SMILES string of the molecule is S=P(c1ccc2ccccc2c1)(c1ccc2cc(-c3ccc4cc5c6ccc7ccccc7c6c6nc7ccccc7n6c5cc4c3)ccc2c1)c1ccc2ncccc2c1. The van der Waals surface area contributed by atoms with E-state index in [2.05, 4.69) is 204 Å². The number of imidazole rings is 1. The minimum atomic E-state index is -2.46. The molecule has 0 aliphatic heterocycles. The highest BCUT2D eigenvalue weighted by Crippen LogP contribution is 2.45. The summed E-state index contributed by atoms with van der Waals surface area (Å²) in [7, 11) is 0. The molecule has 10 aromatic carbocycles. The number of aromatic nitrogens is 3. The molecule has 0 saturated carbocycles. The standard InChI is InChI=1S/C56H34N3PS/c61-60(45-22-19-35-8-1-2-10-37(35)30-45,47-24-26-51-43(32-47)11-7-27-57-51)46-23-20-40-28-38(15-17-41(40)31-46)39-16-18-42-33-50-49-25-21-36-9-3-4-12-48(36)55(49)56-58-52-13-5-6-14-53(52)59(56)54(50)34-44(42)29-39/h1-34H. The number of fused-ring (bicyclic) bond motifs is 14. The van der Waals surface area contributed by atoms with E-state index in [-0.39, 0.29) is 0 Å². The van der Waals surface area contributed by atoms with E-state index in [1.54, 1.807) is 0 Å². The van der Waals surface area contributed by atoms with E-state index in [1.165, 1.54) is 86.3 Å². The fourth-order valence-corrected chi connectivity index (χ4v) is 13.5. The van der Waals surface area contributed by atoms with E-state index < -0.39 is 6.04 Å². The molecular weight excluding hydrogens is 778 g/mol. The molecule has 1 unspecified atom stereocenters. The largest absolute Gasteiger partial charge is 0.292 e. The van der Waals surface area contributed by atoms with Crippen LogP contribution >= 0.6 is 6.04 Å². The van der Waals surface area contributed by atoms with Crippen LogP contribution < -0.4 is 15.9 Å². The molecule has 0 fully saturated rings. The average molecular weight is 812 g/mol. The molecule has 5 heteroatoms. The zero-order valence-electron chi connectivity index (χ0n) is 32.8. The van der Waals surface area contributed by atoms with Crippen molar-refractivity contribution in [3.05, 3.63) is 206 Å². The van der Waals surface area contributed by atoms with Gasteiger partial charge in [0.05, 0.1) is 22.1 Å². The number of nitrogens with zero attached hydrogens (tertiary/aromatic N) is 3. The van der Waals surface area contributed by atoms with Gasteiger partial charge in [-0.05, 0) is 142 Å². The summed E-state index contributed by atoms with van der Waals surface area (Å²) in [6.45, 7) is 0. The Morgan fingerprint density at radius 1 is 0.377 bits per heavy atom. The van der Waals surface area contributed by atoms with Crippen LogP contribution in [0.2, 0.25) is 0 Å². The molecular formula is C56H34N3PS. The Kier molecular flexibility index (Phi) is 7.45. The Bertz CT molecular complexity index is 3970. The van der Waals surface area contributed by atoms with Crippen LogP contribution in [0.25, 0.3) is 103 Å². The molecule has 0 bridgehead atoms. The fraction of sp³-hybridized carbons (Fsp3) is 0. The van der Waals surface area contributed by atoms with E-state index in [0.717, 1.165) is 33.1 Å². The summed E-state index contributed by atoms with van der Waals surface area (Å²) in [5.41, 5.74) is 7.61. The van der Waals surface area contributed by atoms with Crippen LogP contribution in [0.15, 0.2) is 206 Å². The molecule has 3 heterocycles. The molecule has 13 rings (SSSR count). The maximum Gasteiger partial charge on any atom is 0.147 e. The van der Waals surface area contributed by atoms with Gasteiger partial charge in [-0.2, -0.15) is 0 Å². The molecule has 284 valence electrons. The summed E-state index contributed by atoms with van der Waals surface area (Å²) in [6.07, 6.45) is 1.85. The summed E-state index contributed by atoms with van der Waals surface area (Å²) in [6, 6.07) is 70.6. The lowest BCUT2D eigenvalue weighted by atomic mass is 9.95. The van der Waals surface area contributed by atoms with Gasteiger partial charge >= 0.3 is 0 Å². The second-order valence-electron chi connectivity index (χ2n) is 16.2. The van der Waals surface area contributed by atoms with Gasteiger partial charge in [-0.25, -0.2) is 4.98 Å². The Balaban J connectivity index is 0.957. The number of benzene rings is 10. The number of pyridine rings is 2. The molecule has 0 saturated heterocycles. The molecule has 1 atom stereocenters. The van der Waals surface area contributed by atoms with Crippen molar-refractivity contribution in [3.8, 4) is 11.1 Å². The Morgan fingerprint density at radius 3 is 1.80 bits per heavy atom. The van der Waals surface area contributed by atoms with Gasteiger partial charge in [0, 0.05) is 28.4 Å². The van der Waals surface area contributed by atoms with Gasteiger partial charge in [0.2, 0.25) is 0 Å². The van der Waals surface area contributed by atoms with Crippen LogP contribution in [0.5, 0.6) is 0 Å². The van der Waals surface area contributed by atoms with Crippen LogP contribution in [0, 0.1) is 0 Å². The highest BCUT2D eigenvalue weighted by Gasteiger charge is 2.26. The third-order valence-corrected chi connectivity index (χ3v) is 17.7. The van der Waals surface area contributed by atoms with Crippen LogP contribution in [0.3, 0.4) is 0 Å². The fourth-order valence-electron chi connectivity index (χ4n) is 9.73. The average Bonchev–Trinajstić information content (AvgIpc) is 3.72. The quantitative estimate of drug-likeness (QED) is 0.101. The number of rotatable bonds is 4. The van der Waals surface area contributed by atoms with E-state index >= 15 is 0 Å². The highest BCUT2D eigenvalue weighted by molar-refractivity contribution is 8.25. The van der Waals surface area contributed by atoms with E-state index in [4.69, 9.17) is 16.8 Å². The van der Waals surface area contributed by atoms with Gasteiger partial charge in [0.25, 0.3) is 0 Å². The van der Waals surface area contributed by atoms with E-state index in [9.17, 15) is 0 Å². The molecule has 3 aromatic heterocycles. The van der Waals surface area contributed by atoms with Crippen LogP contribution in [0.4, 0.5) is 0 Å². The number of hydrogen-bond donors (Lipinski definition) is 0. The molecule has 0 aliphatic carbocycles. The van der Waals surface area contributed by atoms with Crippen molar-refractivity contribution < 1.29 is 0 Å². The van der Waals surface area contributed by atoms with Crippen molar-refractivity contribution in [1.29, 1.82) is 0 Å². The van der Waals surface area contributed by atoms with Gasteiger partial charge in [-0.1, -0.05) is 145 Å². The summed E-state index contributed by atoms with van der Waals surface area (Å²) in [5, 5.41) is 17.9. The van der Waals surface area contributed by atoms with Gasteiger partial charge in [0.1, 0.15) is 5.65 Å². The molecule has 13 aromatic rings. The molecule has 61 heavy (non-hydrogen) atoms. The third kappa shape index (κ3) is 5.26. The zero-order valence-corrected chi connectivity index (χ0v) is 34.5. The number of para-hydroxylation sites is 2. The monoisotopic (exact) mass is 811 g/mol. The van der Waals surface area contributed by atoms with Gasteiger partial charge in [0.15, 0.2) is 0 Å². The zero-order chi connectivity index (χ0) is 40.2. The number of hydrogen-bond acceptors (Lipinski definition) is 3. The Hall–Kier alpha value is -7.23. The van der Waals surface area contributed by atoms with Crippen LogP contribution in [-0.2, 0) is 11.8 Å². The van der Waals surface area contributed by atoms with Crippen molar-refractivity contribution in [3.63, 3.8) is 0 Å². The highest BCUT2D eigenvalue weighted by atomic mass is 32.4. The Labute approximate surface area is 356 Å². The lowest BCUT2D eigenvalue weighted by Gasteiger charge is -2.25.